The lowest BCUT2D eigenvalue weighted by Gasteiger charge is -2.23. The standard InChI is InChI=1S/C29H30F5N7O3.CHF3/c1-41-23-21(12-18(25(40-23)44-14-22(30)31)24(42)37-17-5-3-2-4-6-17)39-27(41)38-20-11-16(7-8-19(20)29(32,33)34)13-36-26(43)28(15-35)9-10-28;2-1(3)4/h7-8,11-12,17,22H,2-6,9-10,13-14H2,1H3,(H,36,43)(H,37,42)(H,38,39);1H. The fourth-order valence-electron chi connectivity index (χ4n) is 5.17. The number of nitrogens with zero attached hydrogens (tertiary/aromatic N) is 4. The van der Waals surface area contributed by atoms with Crippen LogP contribution in [0.4, 0.5) is 46.8 Å². The maximum absolute atomic E-state index is 13.9. The van der Waals surface area contributed by atoms with Gasteiger partial charge < -0.3 is 20.7 Å². The normalized spacial score (nSPS) is 15.8. The number of pyridine rings is 1. The van der Waals surface area contributed by atoms with Gasteiger partial charge in [0.15, 0.2) is 12.3 Å². The zero-order chi connectivity index (χ0) is 35.2. The summed E-state index contributed by atoms with van der Waals surface area (Å²) in [5, 5.41) is 17.4. The van der Waals surface area contributed by atoms with E-state index in [1.54, 1.807) is 0 Å². The molecule has 0 unspecified atom stereocenters. The molecule has 2 aliphatic carbocycles. The SMILES string of the molecule is Cn1c(Nc2cc(CNC(=O)C3(C#N)CC3)ccc2C(F)(F)F)nc2cc(C(=O)NC3CCCCC3)c(OCC(F)F)nc21.FC(F)F. The third-order valence-corrected chi connectivity index (χ3v) is 7.83. The van der Waals surface area contributed by atoms with Gasteiger partial charge in [-0.1, -0.05) is 25.3 Å². The zero-order valence-electron chi connectivity index (χ0n) is 25.4. The number of fused-ring (bicyclic) bond motifs is 1. The first kappa shape index (κ1) is 36.2. The highest BCUT2D eigenvalue weighted by molar-refractivity contribution is 5.99. The average Bonchev–Trinajstić information content (AvgIpc) is 3.77. The van der Waals surface area contributed by atoms with Crippen LogP contribution in [0.2, 0.25) is 0 Å². The molecule has 10 nitrogen and oxygen atoms in total. The van der Waals surface area contributed by atoms with E-state index in [4.69, 9.17) is 4.74 Å². The summed E-state index contributed by atoms with van der Waals surface area (Å²) in [6, 6.07) is 6.49. The number of halogens is 8. The van der Waals surface area contributed by atoms with Gasteiger partial charge in [0.25, 0.3) is 12.3 Å². The molecule has 0 saturated heterocycles. The number of nitriles is 1. The van der Waals surface area contributed by atoms with Crippen LogP contribution < -0.4 is 20.7 Å². The Morgan fingerprint density at radius 1 is 1.08 bits per heavy atom. The van der Waals surface area contributed by atoms with E-state index in [1.165, 1.54) is 29.8 Å². The Balaban J connectivity index is 0.00000123. The van der Waals surface area contributed by atoms with Gasteiger partial charge in [-0.25, -0.2) is 13.8 Å². The molecule has 48 heavy (non-hydrogen) atoms. The number of aryl methyl sites for hydroxylation is 1. The summed E-state index contributed by atoms with van der Waals surface area (Å²) in [6.07, 6.45) is -2.23. The number of ether oxygens (including phenoxy) is 1. The minimum Gasteiger partial charge on any atom is -0.471 e. The molecule has 2 saturated carbocycles. The Morgan fingerprint density at radius 3 is 2.33 bits per heavy atom. The number of amides is 2. The van der Waals surface area contributed by atoms with Gasteiger partial charge >= 0.3 is 12.9 Å². The fourth-order valence-corrected chi connectivity index (χ4v) is 5.17. The van der Waals surface area contributed by atoms with Crippen molar-refractivity contribution in [1.82, 2.24) is 25.2 Å². The van der Waals surface area contributed by atoms with Crippen molar-refractivity contribution in [3.63, 3.8) is 0 Å². The summed E-state index contributed by atoms with van der Waals surface area (Å²) in [4.78, 5) is 34.1. The number of nitrogens with one attached hydrogen (secondary N) is 3. The van der Waals surface area contributed by atoms with Crippen LogP contribution in [0.15, 0.2) is 24.3 Å². The fraction of sp³-hybridized carbons (Fsp3) is 0.500. The van der Waals surface area contributed by atoms with Gasteiger partial charge in [-0.2, -0.15) is 36.6 Å². The van der Waals surface area contributed by atoms with Crippen LogP contribution in [-0.2, 0) is 24.6 Å². The van der Waals surface area contributed by atoms with Gasteiger partial charge in [-0.15, -0.1) is 0 Å². The Labute approximate surface area is 268 Å². The first-order valence-electron chi connectivity index (χ1n) is 14.8. The summed E-state index contributed by atoms with van der Waals surface area (Å²) in [5.41, 5.74) is -2.04. The molecule has 0 atom stereocenters. The number of carbonyl (C=O) groups is 2. The number of imidazole rings is 1. The molecule has 2 heterocycles. The first-order valence-corrected chi connectivity index (χ1v) is 14.8. The van der Waals surface area contributed by atoms with Crippen molar-refractivity contribution in [2.45, 2.75) is 76.8 Å². The number of aromatic nitrogens is 3. The van der Waals surface area contributed by atoms with Crippen LogP contribution in [0.1, 0.15) is 66.4 Å². The molecule has 1 aromatic carbocycles. The second-order valence-electron chi connectivity index (χ2n) is 11.3. The molecule has 2 aromatic heterocycles. The molecule has 2 aliphatic rings. The molecule has 18 heteroatoms. The van der Waals surface area contributed by atoms with E-state index in [1.807, 2.05) is 6.07 Å². The lowest BCUT2D eigenvalue weighted by molar-refractivity contribution is -0.137. The summed E-state index contributed by atoms with van der Waals surface area (Å²) < 4.78 is 103. The lowest BCUT2D eigenvalue weighted by atomic mass is 9.95. The van der Waals surface area contributed by atoms with Crippen molar-refractivity contribution in [1.29, 1.82) is 5.26 Å². The molecule has 5 rings (SSSR count). The van der Waals surface area contributed by atoms with Gasteiger partial charge in [0.05, 0.1) is 17.3 Å². The number of hydrogen-bond acceptors (Lipinski definition) is 7. The summed E-state index contributed by atoms with van der Waals surface area (Å²) >= 11 is 0. The largest absolute Gasteiger partial charge is 0.471 e. The smallest absolute Gasteiger partial charge is 0.418 e. The minimum absolute atomic E-state index is 0.0780. The summed E-state index contributed by atoms with van der Waals surface area (Å²) in [6.45, 7) is -4.79. The Bertz CT molecular complexity index is 1660. The molecule has 2 amide bonds. The van der Waals surface area contributed by atoms with Crippen LogP contribution in [0.25, 0.3) is 11.2 Å². The van der Waals surface area contributed by atoms with E-state index in [-0.39, 0.29) is 46.8 Å². The van der Waals surface area contributed by atoms with E-state index in [9.17, 15) is 50.0 Å². The van der Waals surface area contributed by atoms with Crippen LogP contribution in [-0.4, -0.2) is 52.1 Å². The first-order chi connectivity index (χ1) is 22.6. The van der Waals surface area contributed by atoms with Crippen molar-refractivity contribution in [2.24, 2.45) is 12.5 Å². The van der Waals surface area contributed by atoms with Gasteiger partial charge in [0, 0.05) is 19.6 Å². The molecule has 260 valence electrons. The zero-order valence-corrected chi connectivity index (χ0v) is 25.4. The molecule has 2 fully saturated rings. The predicted molar refractivity (Wildman–Crippen MR) is 155 cm³/mol. The quantitative estimate of drug-likeness (QED) is 0.206. The third-order valence-electron chi connectivity index (χ3n) is 7.83. The van der Waals surface area contributed by atoms with Crippen LogP contribution >= 0.6 is 0 Å². The van der Waals surface area contributed by atoms with Crippen molar-refractivity contribution in [3.8, 4) is 11.9 Å². The second kappa shape index (κ2) is 15.0. The molecule has 3 aromatic rings. The number of hydrogen-bond donors (Lipinski definition) is 3. The van der Waals surface area contributed by atoms with Crippen molar-refractivity contribution < 1.29 is 49.4 Å². The van der Waals surface area contributed by atoms with Gasteiger partial charge in [-0.05, 0) is 49.4 Å². The lowest BCUT2D eigenvalue weighted by Crippen LogP contribution is -2.36. The highest BCUT2D eigenvalue weighted by Crippen LogP contribution is 2.45. The van der Waals surface area contributed by atoms with Crippen LogP contribution in [0, 0.1) is 16.7 Å². The predicted octanol–water partition coefficient (Wildman–Crippen LogP) is 6.54. The second-order valence-corrected chi connectivity index (χ2v) is 11.3. The Hall–Kier alpha value is -4.69. The summed E-state index contributed by atoms with van der Waals surface area (Å²) in [7, 11) is 1.46. The van der Waals surface area contributed by atoms with Crippen molar-refractivity contribution in [3.05, 3.63) is 41.0 Å². The van der Waals surface area contributed by atoms with Crippen LogP contribution in [0.3, 0.4) is 0 Å². The number of alkyl halides is 8. The maximum Gasteiger partial charge on any atom is 0.418 e. The molecule has 0 bridgehead atoms. The molecule has 3 N–H and O–H groups in total. The van der Waals surface area contributed by atoms with E-state index >= 15 is 0 Å². The monoisotopic (exact) mass is 689 g/mol. The van der Waals surface area contributed by atoms with E-state index < -0.39 is 48.7 Å². The average molecular weight is 690 g/mol. The van der Waals surface area contributed by atoms with Gasteiger partial charge in [0.1, 0.15) is 16.5 Å². The Morgan fingerprint density at radius 2 is 1.75 bits per heavy atom. The van der Waals surface area contributed by atoms with E-state index in [0.717, 1.165) is 38.2 Å². The molecule has 0 radical (unpaired) electrons. The third kappa shape index (κ3) is 9.01. The molecular weight excluding hydrogens is 658 g/mol. The van der Waals surface area contributed by atoms with E-state index in [2.05, 4.69) is 25.9 Å². The highest BCUT2D eigenvalue weighted by Gasteiger charge is 2.50. The number of carbonyl (C=O) groups excluding carboxylic acids is 2. The molecular formula is C30H31F8N7O3. The Kier molecular flexibility index (Phi) is 11.3. The number of rotatable bonds is 10. The minimum atomic E-state index is -4.74. The number of anilines is 2. The maximum atomic E-state index is 13.9. The molecule has 0 aliphatic heterocycles. The van der Waals surface area contributed by atoms with Crippen LogP contribution in [0.5, 0.6) is 5.88 Å². The molecule has 0 spiro atoms. The topological polar surface area (TPSA) is 134 Å². The summed E-state index contributed by atoms with van der Waals surface area (Å²) in [5.74, 6) is -1.48. The van der Waals surface area contributed by atoms with Gasteiger partial charge in [0.2, 0.25) is 17.7 Å². The van der Waals surface area contributed by atoms with E-state index in [0.29, 0.717) is 18.4 Å². The van der Waals surface area contributed by atoms with Crippen molar-refractivity contribution >= 4 is 34.6 Å². The number of benzene rings is 1. The highest BCUT2D eigenvalue weighted by atomic mass is 19.4. The van der Waals surface area contributed by atoms with Crippen molar-refractivity contribution in [2.75, 3.05) is 11.9 Å². The van der Waals surface area contributed by atoms with Gasteiger partial charge in [-0.3, -0.25) is 14.2 Å².